The van der Waals surface area contributed by atoms with E-state index in [1.54, 1.807) is 6.92 Å². The monoisotopic (exact) mass is 223 g/mol. The summed E-state index contributed by atoms with van der Waals surface area (Å²) in [6.07, 6.45) is -0.543. The second-order valence-corrected chi connectivity index (χ2v) is 3.83. The van der Waals surface area contributed by atoms with Crippen molar-refractivity contribution in [3.05, 3.63) is 35.9 Å². The fraction of sp³-hybridized carbons (Fsp3) is 0.417. The molecule has 3 N–H and O–H groups in total. The van der Waals surface area contributed by atoms with E-state index >= 15 is 0 Å². The minimum absolute atomic E-state index is 0.0571. The van der Waals surface area contributed by atoms with E-state index in [0.717, 1.165) is 5.56 Å². The maximum Gasteiger partial charge on any atom is 0.304 e. The van der Waals surface area contributed by atoms with E-state index in [0.29, 0.717) is 6.54 Å². The fourth-order valence-corrected chi connectivity index (χ4v) is 1.44. The van der Waals surface area contributed by atoms with Gasteiger partial charge in [0.2, 0.25) is 0 Å². The molecule has 2 unspecified atom stereocenters. The summed E-state index contributed by atoms with van der Waals surface area (Å²) < 4.78 is 0. The van der Waals surface area contributed by atoms with Crippen LogP contribution in [0.2, 0.25) is 0 Å². The quantitative estimate of drug-likeness (QED) is 0.677. The Hall–Kier alpha value is -1.39. The Morgan fingerprint density at radius 1 is 1.38 bits per heavy atom. The molecule has 0 bridgehead atoms. The van der Waals surface area contributed by atoms with E-state index in [4.69, 9.17) is 5.11 Å². The second-order valence-electron chi connectivity index (χ2n) is 3.83. The highest BCUT2D eigenvalue weighted by Crippen LogP contribution is 2.10. The summed E-state index contributed by atoms with van der Waals surface area (Å²) in [7, 11) is 0. The van der Waals surface area contributed by atoms with Crippen molar-refractivity contribution in [2.24, 2.45) is 0 Å². The molecule has 0 aromatic heterocycles. The van der Waals surface area contributed by atoms with Gasteiger partial charge in [0.1, 0.15) is 0 Å². The third-order valence-electron chi connectivity index (χ3n) is 2.32. The summed E-state index contributed by atoms with van der Waals surface area (Å²) in [6, 6.07) is 9.15. The number of nitrogens with one attached hydrogen (secondary N) is 1. The number of benzene rings is 1. The highest BCUT2D eigenvalue weighted by Gasteiger charge is 2.10. The molecule has 2 atom stereocenters. The van der Waals surface area contributed by atoms with Crippen LogP contribution in [0.5, 0.6) is 0 Å². The number of carbonyl (C=O) groups is 1. The van der Waals surface area contributed by atoms with Gasteiger partial charge in [0, 0.05) is 12.6 Å². The number of hydrogen-bond acceptors (Lipinski definition) is 3. The number of carboxylic acids is 1. The van der Waals surface area contributed by atoms with Gasteiger partial charge in [-0.25, -0.2) is 0 Å². The van der Waals surface area contributed by atoms with Crippen molar-refractivity contribution in [3.63, 3.8) is 0 Å². The standard InChI is InChI=1S/C12H17NO3/c1-9(7-12(15)16)13-8-11(14)10-5-3-2-4-6-10/h2-6,9,11,13-14H,7-8H2,1H3,(H,15,16). The molecule has 1 rings (SSSR count). The first-order chi connectivity index (χ1) is 7.59. The van der Waals surface area contributed by atoms with Gasteiger partial charge in [-0.15, -0.1) is 0 Å². The Morgan fingerprint density at radius 3 is 2.56 bits per heavy atom. The highest BCUT2D eigenvalue weighted by atomic mass is 16.4. The van der Waals surface area contributed by atoms with E-state index in [9.17, 15) is 9.90 Å². The molecule has 16 heavy (non-hydrogen) atoms. The highest BCUT2D eigenvalue weighted by molar-refractivity contribution is 5.67. The fourth-order valence-electron chi connectivity index (χ4n) is 1.44. The van der Waals surface area contributed by atoms with Crippen molar-refractivity contribution in [2.45, 2.75) is 25.5 Å². The summed E-state index contributed by atoms with van der Waals surface area (Å²) in [4.78, 5) is 10.4. The van der Waals surface area contributed by atoms with Crippen LogP contribution in [0.15, 0.2) is 30.3 Å². The first-order valence-electron chi connectivity index (χ1n) is 5.27. The first kappa shape index (κ1) is 12.7. The van der Waals surface area contributed by atoms with Gasteiger partial charge in [0.25, 0.3) is 0 Å². The van der Waals surface area contributed by atoms with E-state index in [2.05, 4.69) is 5.32 Å². The molecular weight excluding hydrogens is 206 g/mol. The van der Waals surface area contributed by atoms with Gasteiger partial charge in [0.15, 0.2) is 0 Å². The zero-order valence-corrected chi connectivity index (χ0v) is 9.26. The topological polar surface area (TPSA) is 69.6 Å². The molecule has 88 valence electrons. The molecule has 0 aliphatic carbocycles. The number of aliphatic hydroxyl groups excluding tert-OH is 1. The lowest BCUT2D eigenvalue weighted by Gasteiger charge is -2.15. The van der Waals surface area contributed by atoms with E-state index in [1.165, 1.54) is 0 Å². The van der Waals surface area contributed by atoms with Crippen LogP contribution < -0.4 is 5.32 Å². The Labute approximate surface area is 94.9 Å². The van der Waals surface area contributed by atoms with Crippen molar-refractivity contribution in [3.8, 4) is 0 Å². The maximum atomic E-state index is 10.4. The average Bonchev–Trinajstić information content (AvgIpc) is 2.26. The van der Waals surface area contributed by atoms with E-state index in [1.807, 2.05) is 30.3 Å². The largest absolute Gasteiger partial charge is 0.481 e. The summed E-state index contributed by atoms with van der Waals surface area (Å²) in [5.74, 6) is -0.839. The molecule has 1 aromatic carbocycles. The van der Waals surface area contributed by atoms with Crippen LogP contribution >= 0.6 is 0 Å². The third kappa shape index (κ3) is 4.42. The summed E-state index contributed by atoms with van der Waals surface area (Å²) in [6.45, 7) is 2.14. The third-order valence-corrected chi connectivity index (χ3v) is 2.32. The number of aliphatic hydroxyl groups is 1. The van der Waals surface area contributed by atoms with Crippen LogP contribution in [0.1, 0.15) is 25.0 Å². The number of rotatable bonds is 6. The Balaban J connectivity index is 2.35. The predicted octanol–water partition coefficient (Wildman–Crippen LogP) is 1.17. The Morgan fingerprint density at radius 2 is 2.00 bits per heavy atom. The van der Waals surface area contributed by atoms with Crippen molar-refractivity contribution in [1.82, 2.24) is 5.32 Å². The molecule has 1 aromatic rings. The van der Waals surface area contributed by atoms with Gasteiger partial charge < -0.3 is 15.5 Å². The average molecular weight is 223 g/mol. The molecule has 0 aliphatic rings. The lowest BCUT2D eigenvalue weighted by molar-refractivity contribution is -0.137. The summed E-state index contributed by atoms with van der Waals surface area (Å²) in [5, 5.41) is 21.3. The summed E-state index contributed by atoms with van der Waals surface area (Å²) in [5.41, 5.74) is 0.831. The van der Waals surface area contributed by atoms with Crippen LogP contribution in [0.25, 0.3) is 0 Å². The lowest BCUT2D eigenvalue weighted by atomic mass is 10.1. The normalized spacial score (nSPS) is 14.4. The minimum atomic E-state index is -0.839. The molecule has 0 aliphatic heterocycles. The van der Waals surface area contributed by atoms with Crippen LogP contribution in [-0.4, -0.2) is 28.8 Å². The van der Waals surface area contributed by atoms with Crippen LogP contribution in [0.4, 0.5) is 0 Å². The van der Waals surface area contributed by atoms with E-state index in [-0.39, 0.29) is 12.5 Å². The number of aliphatic carboxylic acids is 1. The van der Waals surface area contributed by atoms with Gasteiger partial charge in [0.05, 0.1) is 12.5 Å². The predicted molar refractivity (Wildman–Crippen MR) is 61.1 cm³/mol. The first-order valence-corrected chi connectivity index (χ1v) is 5.27. The van der Waals surface area contributed by atoms with Gasteiger partial charge >= 0.3 is 5.97 Å². The minimum Gasteiger partial charge on any atom is -0.481 e. The van der Waals surface area contributed by atoms with E-state index < -0.39 is 12.1 Å². The smallest absolute Gasteiger partial charge is 0.304 e. The maximum absolute atomic E-state index is 10.4. The molecule has 0 amide bonds. The zero-order valence-electron chi connectivity index (χ0n) is 9.26. The second kappa shape index (κ2) is 6.25. The molecule has 0 saturated carbocycles. The molecule has 0 saturated heterocycles. The van der Waals surface area contributed by atoms with Gasteiger partial charge in [-0.2, -0.15) is 0 Å². The SMILES string of the molecule is CC(CC(=O)O)NCC(O)c1ccccc1. The van der Waals surface area contributed by atoms with Crippen LogP contribution in [-0.2, 0) is 4.79 Å². The van der Waals surface area contributed by atoms with Gasteiger partial charge in [-0.05, 0) is 12.5 Å². The summed E-state index contributed by atoms with van der Waals surface area (Å²) >= 11 is 0. The van der Waals surface area contributed by atoms with Crippen molar-refractivity contribution < 1.29 is 15.0 Å². The number of hydrogen-bond donors (Lipinski definition) is 3. The van der Waals surface area contributed by atoms with Gasteiger partial charge in [-0.3, -0.25) is 4.79 Å². The lowest BCUT2D eigenvalue weighted by Crippen LogP contribution is -2.32. The molecule has 0 fully saturated rings. The zero-order chi connectivity index (χ0) is 12.0. The molecule has 4 nitrogen and oxygen atoms in total. The van der Waals surface area contributed by atoms with Crippen LogP contribution in [0.3, 0.4) is 0 Å². The van der Waals surface area contributed by atoms with Crippen LogP contribution in [0, 0.1) is 0 Å². The molecule has 0 spiro atoms. The molecule has 4 heteroatoms. The van der Waals surface area contributed by atoms with Crippen molar-refractivity contribution >= 4 is 5.97 Å². The van der Waals surface area contributed by atoms with Crippen molar-refractivity contribution in [2.75, 3.05) is 6.54 Å². The molecule has 0 radical (unpaired) electrons. The molecular formula is C12H17NO3. The Kier molecular flexibility index (Phi) is 4.95. The number of carboxylic acid groups (broad SMARTS) is 1. The van der Waals surface area contributed by atoms with Gasteiger partial charge in [-0.1, -0.05) is 30.3 Å². The Bertz CT molecular complexity index is 326. The van der Waals surface area contributed by atoms with Crippen molar-refractivity contribution in [1.29, 1.82) is 0 Å². The molecule has 0 heterocycles.